The lowest BCUT2D eigenvalue weighted by molar-refractivity contribution is 0.583. The number of nitrogens with two attached hydrogens (primary N) is 2. The van der Waals surface area contributed by atoms with Crippen molar-refractivity contribution < 1.29 is 0 Å². The van der Waals surface area contributed by atoms with E-state index in [0.29, 0.717) is 12.5 Å². The summed E-state index contributed by atoms with van der Waals surface area (Å²) in [5.74, 6) is 0.586. The van der Waals surface area contributed by atoms with Crippen LogP contribution in [0.4, 0.5) is 0 Å². The zero-order valence-corrected chi connectivity index (χ0v) is 11.9. The number of nitrogens with one attached hydrogen (secondary N) is 1. The molecule has 0 aromatic heterocycles. The minimum absolute atomic E-state index is 0.0631. The van der Waals surface area contributed by atoms with E-state index < -0.39 is 0 Å². The van der Waals surface area contributed by atoms with E-state index in [1.54, 1.807) is 0 Å². The number of aryl methyl sites for hydroxylation is 1. The van der Waals surface area contributed by atoms with Gasteiger partial charge in [-0.1, -0.05) is 32.0 Å². The van der Waals surface area contributed by atoms with E-state index in [4.69, 9.17) is 11.5 Å². The second kappa shape index (κ2) is 7.52. The fraction of sp³-hybridized carbons (Fsp3) is 0.600. The van der Waals surface area contributed by atoms with Gasteiger partial charge in [0.2, 0.25) is 0 Å². The van der Waals surface area contributed by atoms with Crippen molar-refractivity contribution in [2.45, 2.75) is 39.2 Å². The van der Waals surface area contributed by atoms with Crippen molar-refractivity contribution in [3.8, 4) is 0 Å². The van der Waals surface area contributed by atoms with E-state index in [2.05, 4.69) is 44.3 Å². The number of hydrogen-bond acceptors (Lipinski definition) is 3. The summed E-state index contributed by atoms with van der Waals surface area (Å²) in [4.78, 5) is 0. The Kier molecular flexibility index (Phi) is 6.33. The Hall–Kier alpha value is -0.900. The third kappa shape index (κ3) is 4.77. The van der Waals surface area contributed by atoms with Crippen molar-refractivity contribution in [2.24, 2.45) is 11.5 Å². The molecule has 3 nitrogen and oxygen atoms in total. The molecule has 0 saturated carbocycles. The molecule has 1 atom stereocenters. The molecule has 3 heteroatoms. The summed E-state index contributed by atoms with van der Waals surface area (Å²) in [5, 5.41) is 3.36. The standard InChI is InChI=1S/C15H27N3/c1-11(2)13-5-4-12(3)14(8-13)6-7-18-10-15(17)9-16/h4-5,8,11,15,18H,6-7,9-10,16-17H2,1-3H3. The first kappa shape index (κ1) is 15.2. The smallest absolute Gasteiger partial charge is 0.0290 e. The highest BCUT2D eigenvalue weighted by Gasteiger charge is 2.04. The molecule has 0 aliphatic carbocycles. The fourth-order valence-electron chi connectivity index (χ4n) is 1.91. The topological polar surface area (TPSA) is 64.1 Å². The Labute approximate surface area is 111 Å². The minimum atomic E-state index is 0.0631. The van der Waals surface area contributed by atoms with E-state index in [0.717, 1.165) is 19.5 Å². The fourth-order valence-corrected chi connectivity index (χ4v) is 1.91. The molecule has 0 bridgehead atoms. The van der Waals surface area contributed by atoms with E-state index >= 15 is 0 Å². The molecule has 0 aliphatic heterocycles. The van der Waals surface area contributed by atoms with Crippen molar-refractivity contribution >= 4 is 0 Å². The lowest BCUT2D eigenvalue weighted by Crippen LogP contribution is -2.40. The van der Waals surface area contributed by atoms with Gasteiger partial charge in [-0.15, -0.1) is 0 Å². The highest BCUT2D eigenvalue weighted by molar-refractivity contribution is 5.32. The van der Waals surface area contributed by atoms with Crippen LogP contribution in [-0.2, 0) is 6.42 Å². The summed E-state index contributed by atoms with van der Waals surface area (Å²) in [6.07, 6.45) is 1.05. The van der Waals surface area contributed by atoms with Gasteiger partial charge < -0.3 is 16.8 Å². The van der Waals surface area contributed by atoms with Crippen LogP contribution >= 0.6 is 0 Å². The predicted octanol–water partition coefficient (Wildman–Crippen LogP) is 1.54. The number of benzene rings is 1. The van der Waals surface area contributed by atoms with Gasteiger partial charge in [-0.3, -0.25) is 0 Å². The van der Waals surface area contributed by atoms with Crippen molar-refractivity contribution in [1.29, 1.82) is 0 Å². The number of hydrogen-bond donors (Lipinski definition) is 3. The molecular formula is C15H27N3. The molecule has 5 N–H and O–H groups in total. The average molecular weight is 249 g/mol. The van der Waals surface area contributed by atoms with E-state index in [1.165, 1.54) is 16.7 Å². The van der Waals surface area contributed by atoms with Crippen LogP contribution in [0.2, 0.25) is 0 Å². The van der Waals surface area contributed by atoms with Crippen LogP contribution in [0.25, 0.3) is 0 Å². The highest BCUT2D eigenvalue weighted by Crippen LogP contribution is 2.18. The van der Waals surface area contributed by atoms with Crippen LogP contribution in [0.1, 0.15) is 36.5 Å². The third-order valence-electron chi connectivity index (χ3n) is 3.32. The van der Waals surface area contributed by atoms with Gasteiger partial charge in [0.05, 0.1) is 0 Å². The van der Waals surface area contributed by atoms with Crippen LogP contribution < -0.4 is 16.8 Å². The molecule has 1 rings (SSSR count). The first-order valence-electron chi connectivity index (χ1n) is 6.80. The Morgan fingerprint density at radius 1 is 1.28 bits per heavy atom. The van der Waals surface area contributed by atoms with Gasteiger partial charge >= 0.3 is 0 Å². The van der Waals surface area contributed by atoms with Crippen LogP contribution in [0.5, 0.6) is 0 Å². The summed E-state index contributed by atoms with van der Waals surface area (Å²) in [7, 11) is 0. The third-order valence-corrected chi connectivity index (χ3v) is 3.32. The monoisotopic (exact) mass is 249 g/mol. The van der Waals surface area contributed by atoms with Gasteiger partial charge in [0.15, 0.2) is 0 Å². The Balaban J connectivity index is 2.48. The molecule has 18 heavy (non-hydrogen) atoms. The summed E-state index contributed by atoms with van der Waals surface area (Å²) < 4.78 is 0. The zero-order valence-electron chi connectivity index (χ0n) is 11.9. The predicted molar refractivity (Wildman–Crippen MR) is 78.9 cm³/mol. The maximum Gasteiger partial charge on any atom is 0.0290 e. The second-order valence-electron chi connectivity index (χ2n) is 5.29. The van der Waals surface area contributed by atoms with Gasteiger partial charge in [-0.2, -0.15) is 0 Å². The van der Waals surface area contributed by atoms with Crippen LogP contribution in [0.3, 0.4) is 0 Å². The summed E-state index contributed by atoms with van der Waals surface area (Å²) >= 11 is 0. The molecule has 0 saturated heterocycles. The summed E-state index contributed by atoms with van der Waals surface area (Å²) in [5.41, 5.74) is 15.4. The van der Waals surface area contributed by atoms with Gasteiger partial charge in [-0.05, 0) is 42.5 Å². The molecule has 1 aromatic carbocycles. The van der Waals surface area contributed by atoms with Gasteiger partial charge in [-0.25, -0.2) is 0 Å². The molecule has 0 fully saturated rings. The maximum absolute atomic E-state index is 5.76. The van der Waals surface area contributed by atoms with E-state index in [-0.39, 0.29) is 6.04 Å². The molecule has 0 amide bonds. The van der Waals surface area contributed by atoms with Crippen LogP contribution in [0.15, 0.2) is 18.2 Å². The Morgan fingerprint density at radius 2 is 2.00 bits per heavy atom. The zero-order chi connectivity index (χ0) is 13.5. The normalized spacial score (nSPS) is 13.0. The van der Waals surface area contributed by atoms with Crippen LogP contribution in [0, 0.1) is 6.92 Å². The molecule has 0 heterocycles. The molecular weight excluding hydrogens is 222 g/mol. The Bertz CT molecular complexity index is 361. The molecule has 1 aromatic rings. The SMILES string of the molecule is Cc1ccc(C(C)C)cc1CCNCC(N)CN. The van der Waals surface area contributed by atoms with Crippen molar-refractivity contribution in [3.05, 3.63) is 34.9 Å². The Morgan fingerprint density at radius 3 is 2.61 bits per heavy atom. The molecule has 0 spiro atoms. The van der Waals surface area contributed by atoms with Crippen LogP contribution in [-0.4, -0.2) is 25.7 Å². The van der Waals surface area contributed by atoms with Gasteiger partial charge in [0.25, 0.3) is 0 Å². The van der Waals surface area contributed by atoms with Crippen molar-refractivity contribution in [2.75, 3.05) is 19.6 Å². The average Bonchev–Trinajstić information content (AvgIpc) is 2.35. The first-order chi connectivity index (χ1) is 8.54. The van der Waals surface area contributed by atoms with E-state index in [9.17, 15) is 0 Å². The minimum Gasteiger partial charge on any atom is -0.329 e. The summed E-state index contributed by atoms with van der Waals surface area (Å²) in [6, 6.07) is 6.83. The largest absolute Gasteiger partial charge is 0.329 e. The second-order valence-corrected chi connectivity index (χ2v) is 5.29. The van der Waals surface area contributed by atoms with Gasteiger partial charge in [0, 0.05) is 19.1 Å². The molecule has 102 valence electrons. The quantitative estimate of drug-likeness (QED) is 0.642. The molecule has 1 unspecified atom stereocenters. The summed E-state index contributed by atoms with van der Waals surface area (Å²) in [6.45, 7) is 8.91. The lowest BCUT2D eigenvalue weighted by Gasteiger charge is -2.13. The molecule has 0 radical (unpaired) electrons. The molecule has 0 aliphatic rings. The highest BCUT2D eigenvalue weighted by atomic mass is 14.9. The first-order valence-corrected chi connectivity index (χ1v) is 6.80. The van der Waals surface area contributed by atoms with Crippen molar-refractivity contribution in [3.63, 3.8) is 0 Å². The lowest BCUT2D eigenvalue weighted by atomic mass is 9.96. The van der Waals surface area contributed by atoms with Crippen molar-refractivity contribution in [1.82, 2.24) is 5.32 Å². The van der Waals surface area contributed by atoms with Gasteiger partial charge in [0.1, 0.15) is 0 Å². The maximum atomic E-state index is 5.76. The van der Waals surface area contributed by atoms with E-state index in [1.807, 2.05) is 0 Å². The number of rotatable bonds is 7.